The van der Waals surface area contributed by atoms with Crippen molar-refractivity contribution in [2.75, 3.05) is 13.1 Å². The SMILES string of the molecule is Cc1ccccc1Oc1cncc(C2CCCN(C(=O)c3nccn3C)C2)n1. The van der Waals surface area contributed by atoms with E-state index in [1.807, 2.05) is 43.1 Å². The zero-order valence-electron chi connectivity index (χ0n) is 16.1. The fraction of sp³-hybridized carbons (Fsp3) is 0.333. The van der Waals surface area contributed by atoms with Gasteiger partial charge < -0.3 is 14.2 Å². The van der Waals surface area contributed by atoms with Crippen molar-refractivity contribution in [2.24, 2.45) is 7.05 Å². The van der Waals surface area contributed by atoms with Crippen LogP contribution in [0.5, 0.6) is 11.6 Å². The van der Waals surface area contributed by atoms with Gasteiger partial charge in [0.15, 0.2) is 5.82 Å². The average Bonchev–Trinajstić information content (AvgIpc) is 3.15. The number of aryl methyl sites for hydroxylation is 2. The normalized spacial score (nSPS) is 16.8. The number of rotatable bonds is 4. The molecule has 0 N–H and O–H groups in total. The number of carbonyl (C=O) groups is 1. The molecule has 0 bridgehead atoms. The molecule has 3 aromatic rings. The summed E-state index contributed by atoms with van der Waals surface area (Å²) in [4.78, 5) is 27.8. The minimum absolute atomic E-state index is 0.0440. The number of benzene rings is 1. The molecule has 1 unspecified atom stereocenters. The summed E-state index contributed by atoms with van der Waals surface area (Å²) in [5, 5.41) is 0. The molecular weight excluding hydrogens is 354 g/mol. The van der Waals surface area contributed by atoms with Gasteiger partial charge in [-0.2, -0.15) is 0 Å². The maximum atomic E-state index is 12.8. The average molecular weight is 377 g/mol. The third-order valence-corrected chi connectivity index (χ3v) is 5.08. The molecule has 1 atom stereocenters. The van der Waals surface area contributed by atoms with Crippen molar-refractivity contribution in [3.63, 3.8) is 0 Å². The van der Waals surface area contributed by atoms with Gasteiger partial charge in [-0.1, -0.05) is 18.2 Å². The topological polar surface area (TPSA) is 73.1 Å². The van der Waals surface area contributed by atoms with E-state index in [0.717, 1.165) is 36.4 Å². The maximum absolute atomic E-state index is 12.8. The van der Waals surface area contributed by atoms with Crippen LogP contribution in [-0.2, 0) is 7.05 Å². The molecule has 2 aromatic heterocycles. The summed E-state index contributed by atoms with van der Waals surface area (Å²) < 4.78 is 7.67. The molecule has 28 heavy (non-hydrogen) atoms. The Morgan fingerprint density at radius 3 is 2.89 bits per heavy atom. The smallest absolute Gasteiger partial charge is 0.289 e. The van der Waals surface area contributed by atoms with E-state index in [1.165, 1.54) is 0 Å². The van der Waals surface area contributed by atoms with Crippen LogP contribution >= 0.6 is 0 Å². The van der Waals surface area contributed by atoms with Crippen molar-refractivity contribution in [1.82, 2.24) is 24.4 Å². The van der Waals surface area contributed by atoms with Crippen LogP contribution in [0.2, 0.25) is 0 Å². The summed E-state index contributed by atoms with van der Waals surface area (Å²) in [6, 6.07) is 7.81. The van der Waals surface area contributed by atoms with E-state index in [9.17, 15) is 4.79 Å². The Hall–Kier alpha value is -3.22. The number of nitrogens with zero attached hydrogens (tertiary/aromatic N) is 5. The lowest BCUT2D eigenvalue weighted by Gasteiger charge is -2.32. The maximum Gasteiger partial charge on any atom is 0.289 e. The monoisotopic (exact) mass is 377 g/mol. The van der Waals surface area contributed by atoms with E-state index >= 15 is 0 Å². The van der Waals surface area contributed by atoms with Crippen molar-refractivity contribution in [3.05, 3.63) is 66.1 Å². The van der Waals surface area contributed by atoms with E-state index in [2.05, 4.69) is 15.0 Å². The first-order valence-corrected chi connectivity index (χ1v) is 9.44. The number of amides is 1. The molecule has 1 aliphatic rings. The van der Waals surface area contributed by atoms with Crippen LogP contribution in [0.3, 0.4) is 0 Å². The summed E-state index contributed by atoms with van der Waals surface area (Å²) in [6.45, 7) is 3.33. The fourth-order valence-electron chi connectivity index (χ4n) is 3.51. The van der Waals surface area contributed by atoms with Crippen molar-refractivity contribution in [1.29, 1.82) is 0 Å². The van der Waals surface area contributed by atoms with Gasteiger partial charge in [0.2, 0.25) is 5.88 Å². The second-order valence-electron chi connectivity index (χ2n) is 7.10. The summed E-state index contributed by atoms with van der Waals surface area (Å²) >= 11 is 0. The molecule has 0 aliphatic carbocycles. The highest BCUT2D eigenvalue weighted by Crippen LogP contribution is 2.28. The predicted octanol–water partition coefficient (Wildman–Crippen LogP) is 3.33. The number of imidazole rings is 1. The highest BCUT2D eigenvalue weighted by atomic mass is 16.5. The Bertz CT molecular complexity index is 984. The van der Waals surface area contributed by atoms with Crippen LogP contribution in [-0.4, -0.2) is 43.4 Å². The van der Waals surface area contributed by atoms with Crippen molar-refractivity contribution < 1.29 is 9.53 Å². The lowest BCUT2D eigenvalue weighted by atomic mass is 9.95. The van der Waals surface area contributed by atoms with Crippen LogP contribution < -0.4 is 4.74 Å². The number of piperidine rings is 1. The zero-order valence-corrected chi connectivity index (χ0v) is 16.1. The van der Waals surface area contributed by atoms with E-state index in [0.29, 0.717) is 18.2 Å². The highest BCUT2D eigenvalue weighted by Gasteiger charge is 2.28. The van der Waals surface area contributed by atoms with Gasteiger partial charge in [0.05, 0.1) is 11.9 Å². The molecule has 1 fully saturated rings. The number of likely N-dealkylation sites (tertiary alicyclic amines) is 1. The molecule has 0 radical (unpaired) electrons. The van der Waals surface area contributed by atoms with Gasteiger partial charge in [0.1, 0.15) is 5.75 Å². The van der Waals surface area contributed by atoms with Crippen LogP contribution in [0.25, 0.3) is 0 Å². The number of para-hydroxylation sites is 1. The Balaban J connectivity index is 1.50. The minimum atomic E-state index is -0.0440. The molecule has 0 spiro atoms. The van der Waals surface area contributed by atoms with E-state index in [1.54, 1.807) is 29.4 Å². The Kier molecular flexibility index (Phi) is 5.06. The molecule has 1 aliphatic heterocycles. The quantitative estimate of drug-likeness (QED) is 0.697. The standard InChI is InChI=1S/C21H23N5O2/c1-15-6-3-4-8-18(15)28-19-13-22-12-17(24-19)16-7-5-10-26(14-16)21(27)20-23-9-11-25(20)2/h3-4,6,8-9,11-13,16H,5,7,10,14H2,1-2H3. The fourth-order valence-corrected chi connectivity index (χ4v) is 3.51. The first-order chi connectivity index (χ1) is 13.6. The number of ether oxygens (including phenoxy) is 1. The highest BCUT2D eigenvalue weighted by molar-refractivity contribution is 5.90. The van der Waals surface area contributed by atoms with Crippen molar-refractivity contribution >= 4 is 5.91 Å². The van der Waals surface area contributed by atoms with Gasteiger partial charge in [0, 0.05) is 44.6 Å². The second-order valence-corrected chi connectivity index (χ2v) is 7.10. The first-order valence-electron chi connectivity index (χ1n) is 9.44. The molecule has 1 saturated heterocycles. The third kappa shape index (κ3) is 3.74. The molecule has 1 amide bonds. The molecule has 144 valence electrons. The van der Waals surface area contributed by atoms with Crippen molar-refractivity contribution in [3.8, 4) is 11.6 Å². The van der Waals surface area contributed by atoms with Gasteiger partial charge in [-0.15, -0.1) is 0 Å². The molecule has 0 saturated carbocycles. The summed E-state index contributed by atoms with van der Waals surface area (Å²) in [7, 11) is 1.83. The molecule has 1 aromatic carbocycles. The number of hydrogen-bond acceptors (Lipinski definition) is 5. The Morgan fingerprint density at radius 1 is 1.25 bits per heavy atom. The zero-order chi connectivity index (χ0) is 19.5. The minimum Gasteiger partial charge on any atom is -0.437 e. The second kappa shape index (κ2) is 7.80. The largest absolute Gasteiger partial charge is 0.437 e. The van der Waals surface area contributed by atoms with Gasteiger partial charge in [-0.3, -0.25) is 9.78 Å². The molecule has 7 nitrogen and oxygen atoms in total. The molecule has 4 rings (SSSR count). The van der Waals surface area contributed by atoms with Crippen LogP contribution in [0.1, 0.15) is 40.6 Å². The summed E-state index contributed by atoms with van der Waals surface area (Å²) in [5.41, 5.74) is 1.89. The van der Waals surface area contributed by atoms with Crippen LogP contribution in [0.4, 0.5) is 0 Å². The van der Waals surface area contributed by atoms with E-state index < -0.39 is 0 Å². The first kappa shape index (κ1) is 18.2. The van der Waals surface area contributed by atoms with Crippen molar-refractivity contribution in [2.45, 2.75) is 25.7 Å². The van der Waals surface area contributed by atoms with E-state index in [4.69, 9.17) is 4.74 Å². The van der Waals surface area contributed by atoms with Gasteiger partial charge >= 0.3 is 0 Å². The lowest BCUT2D eigenvalue weighted by Crippen LogP contribution is -2.40. The molecular formula is C21H23N5O2. The van der Waals surface area contributed by atoms with Gasteiger partial charge in [-0.05, 0) is 31.4 Å². The molecule has 3 heterocycles. The van der Waals surface area contributed by atoms with Crippen LogP contribution in [0.15, 0.2) is 49.1 Å². The Labute approximate surface area is 164 Å². The Morgan fingerprint density at radius 2 is 2.11 bits per heavy atom. The van der Waals surface area contributed by atoms with Gasteiger partial charge in [-0.25, -0.2) is 9.97 Å². The number of aromatic nitrogens is 4. The number of hydrogen-bond donors (Lipinski definition) is 0. The third-order valence-electron chi connectivity index (χ3n) is 5.08. The predicted molar refractivity (Wildman–Crippen MR) is 104 cm³/mol. The number of carbonyl (C=O) groups excluding carboxylic acids is 1. The molecule has 7 heteroatoms. The van der Waals surface area contributed by atoms with Gasteiger partial charge in [0.25, 0.3) is 5.91 Å². The summed E-state index contributed by atoms with van der Waals surface area (Å²) in [6.07, 6.45) is 8.71. The van der Waals surface area contributed by atoms with E-state index in [-0.39, 0.29) is 11.8 Å². The lowest BCUT2D eigenvalue weighted by molar-refractivity contribution is 0.0689. The van der Waals surface area contributed by atoms with Crippen LogP contribution in [0, 0.1) is 6.92 Å². The summed E-state index contributed by atoms with van der Waals surface area (Å²) in [5.74, 6) is 1.79.